The van der Waals surface area contributed by atoms with Crippen LogP contribution in [0.3, 0.4) is 0 Å². The number of para-hydroxylation sites is 2. The van der Waals surface area contributed by atoms with Gasteiger partial charge in [0.25, 0.3) is 0 Å². The third-order valence-corrected chi connectivity index (χ3v) is 9.74. The fraction of sp³-hybridized carbons (Fsp3) is 0. The summed E-state index contributed by atoms with van der Waals surface area (Å²) in [4.78, 5) is 20.1. The average molecular weight is 623 g/mol. The van der Waals surface area contributed by atoms with Crippen molar-refractivity contribution in [2.24, 2.45) is 0 Å². The Morgan fingerprint density at radius 2 is 1.09 bits per heavy atom. The zero-order valence-corrected chi connectivity index (χ0v) is 25.5. The topological polar surface area (TPSA) is 77.8 Å². The van der Waals surface area contributed by atoms with E-state index in [0.717, 1.165) is 55.3 Å². The molecule has 0 N–H and O–H groups in total. The van der Waals surface area contributed by atoms with Crippen molar-refractivity contribution in [3.05, 3.63) is 133 Å². The maximum absolute atomic E-state index is 6.42. The van der Waals surface area contributed by atoms with Crippen molar-refractivity contribution in [2.45, 2.75) is 0 Å². The van der Waals surface area contributed by atoms with Gasteiger partial charge in [0.15, 0.2) is 23.1 Å². The summed E-state index contributed by atoms with van der Waals surface area (Å²) in [6.07, 6.45) is 0. The molecule has 10 aromatic rings. The molecule has 0 spiro atoms. The molecule has 0 atom stereocenters. The van der Waals surface area contributed by atoms with E-state index >= 15 is 0 Å². The third kappa shape index (κ3) is 4.17. The lowest BCUT2D eigenvalue weighted by molar-refractivity contribution is 0.620. The molecule has 6 nitrogen and oxygen atoms in total. The highest BCUT2D eigenvalue weighted by atomic mass is 32.1. The van der Waals surface area contributed by atoms with Gasteiger partial charge in [0, 0.05) is 53.2 Å². The number of nitrogens with zero attached hydrogens (tertiary/aromatic N) is 4. The number of rotatable bonds is 4. The minimum atomic E-state index is 0.534. The molecule has 4 aromatic heterocycles. The normalized spacial score (nSPS) is 11.8. The molecule has 0 aliphatic rings. The van der Waals surface area contributed by atoms with E-state index in [1.165, 1.54) is 20.2 Å². The number of benzene rings is 6. The Labute approximate surface area is 271 Å². The Kier molecular flexibility index (Phi) is 5.64. The van der Waals surface area contributed by atoms with Crippen LogP contribution in [-0.4, -0.2) is 19.9 Å². The number of aromatic nitrogens is 4. The van der Waals surface area contributed by atoms with Crippen molar-refractivity contribution in [3.8, 4) is 45.6 Å². The van der Waals surface area contributed by atoms with E-state index in [1.54, 1.807) is 11.3 Å². The summed E-state index contributed by atoms with van der Waals surface area (Å²) in [5, 5.41) is 4.22. The van der Waals surface area contributed by atoms with Gasteiger partial charge in [-0.05, 0) is 54.6 Å². The minimum Gasteiger partial charge on any atom is -0.456 e. The fourth-order valence-corrected chi connectivity index (χ4v) is 7.51. The maximum Gasteiger partial charge on any atom is 0.228 e. The van der Waals surface area contributed by atoms with Crippen LogP contribution in [0.15, 0.2) is 142 Å². The van der Waals surface area contributed by atoms with E-state index in [4.69, 9.17) is 28.8 Å². The second-order valence-electron chi connectivity index (χ2n) is 11.4. The van der Waals surface area contributed by atoms with Gasteiger partial charge in [-0.2, -0.15) is 0 Å². The SMILES string of the molecule is c1ccc(-c2nc(-c3ccc4sc5ccccc5c4c3)nc(-c3cccc4oc5cccc(-c6nc7ccccc7o6)c5c34)n2)cc1. The largest absolute Gasteiger partial charge is 0.456 e. The number of fused-ring (bicyclic) bond motifs is 7. The lowest BCUT2D eigenvalue weighted by atomic mass is 10.0. The van der Waals surface area contributed by atoms with Crippen LogP contribution in [0.4, 0.5) is 0 Å². The molecule has 0 bridgehead atoms. The molecule has 0 amide bonds. The smallest absolute Gasteiger partial charge is 0.228 e. The van der Waals surface area contributed by atoms with Crippen molar-refractivity contribution in [3.63, 3.8) is 0 Å². The van der Waals surface area contributed by atoms with Crippen LogP contribution in [0.25, 0.3) is 98.8 Å². The second-order valence-corrected chi connectivity index (χ2v) is 12.5. The minimum absolute atomic E-state index is 0.534. The molecule has 47 heavy (non-hydrogen) atoms. The van der Waals surface area contributed by atoms with Crippen molar-refractivity contribution in [1.29, 1.82) is 0 Å². The van der Waals surface area contributed by atoms with E-state index < -0.39 is 0 Å². The highest BCUT2D eigenvalue weighted by molar-refractivity contribution is 7.25. The molecule has 0 unspecified atom stereocenters. The maximum atomic E-state index is 6.42. The molecule has 10 rings (SSSR count). The molecule has 0 aliphatic heterocycles. The third-order valence-electron chi connectivity index (χ3n) is 8.59. The zero-order valence-electron chi connectivity index (χ0n) is 24.7. The van der Waals surface area contributed by atoms with Crippen LogP contribution in [0.5, 0.6) is 0 Å². The molecule has 0 fully saturated rings. The lowest BCUT2D eigenvalue weighted by Gasteiger charge is -2.10. The van der Waals surface area contributed by atoms with Gasteiger partial charge in [-0.15, -0.1) is 11.3 Å². The fourth-order valence-electron chi connectivity index (χ4n) is 6.43. The summed E-state index contributed by atoms with van der Waals surface area (Å²) in [6, 6.07) is 44.8. The Morgan fingerprint density at radius 1 is 0.426 bits per heavy atom. The molecule has 4 heterocycles. The van der Waals surface area contributed by atoms with E-state index in [9.17, 15) is 0 Å². The van der Waals surface area contributed by atoms with E-state index in [1.807, 2.05) is 91.0 Å². The predicted octanol–water partition coefficient (Wildman–Crippen LogP) is 10.9. The Morgan fingerprint density at radius 3 is 1.94 bits per heavy atom. The van der Waals surface area contributed by atoms with Crippen LogP contribution in [0, 0.1) is 0 Å². The van der Waals surface area contributed by atoms with E-state index in [2.05, 4.69) is 42.5 Å². The molecular weight excluding hydrogens is 601 g/mol. The number of thiophene rings is 1. The standard InChI is InChI=1S/C40H22N4O2S/c1-2-10-23(11-3-1)37-42-38(24-20-21-34-28(22-24)25-12-4-7-19-33(25)47-34)44-39(43-37)26-13-8-17-31-35(26)36-27(14-9-18-32(36)45-31)40-41-29-15-5-6-16-30(29)46-40/h1-22H. The molecule has 0 saturated carbocycles. The number of oxazole rings is 1. The summed E-state index contributed by atoms with van der Waals surface area (Å²) in [5.41, 5.74) is 6.53. The van der Waals surface area contributed by atoms with Crippen molar-refractivity contribution in [1.82, 2.24) is 19.9 Å². The quantitative estimate of drug-likeness (QED) is 0.194. The van der Waals surface area contributed by atoms with Crippen LogP contribution in [-0.2, 0) is 0 Å². The molecule has 220 valence electrons. The summed E-state index contributed by atoms with van der Waals surface area (Å²) in [7, 11) is 0. The first-order chi connectivity index (χ1) is 23.3. The van der Waals surface area contributed by atoms with Gasteiger partial charge in [0.05, 0.1) is 0 Å². The molecule has 0 aliphatic carbocycles. The second kappa shape index (κ2) is 10.2. The summed E-state index contributed by atoms with van der Waals surface area (Å²) >= 11 is 1.79. The zero-order chi connectivity index (χ0) is 30.9. The first-order valence-corrected chi connectivity index (χ1v) is 16.1. The molecule has 6 aromatic carbocycles. The van der Waals surface area contributed by atoms with E-state index in [0.29, 0.717) is 23.4 Å². The van der Waals surface area contributed by atoms with Crippen molar-refractivity contribution in [2.75, 3.05) is 0 Å². The number of hydrogen-bond acceptors (Lipinski definition) is 7. The van der Waals surface area contributed by atoms with Crippen LogP contribution in [0.1, 0.15) is 0 Å². The molecular formula is C40H22N4O2S. The van der Waals surface area contributed by atoms with Gasteiger partial charge >= 0.3 is 0 Å². The van der Waals surface area contributed by atoms with Gasteiger partial charge < -0.3 is 8.83 Å². The number of furan rings is 1. The van der Waals surface area contributed by atoms with Gasteiger partial charge in [-0.1, -0.05) is 78.9 Å². The Bertz CT molecular complexity index is 2780. The predicted molar refractivity (Wildman–Crippen MR) is 189 cm³/mol. The average Bonchev–Trinajstić information content (AvgIpc) is 3.84. The van der Waals surface area contributed by atoms with Gasteiger partial charge in [0.2, 0.25) is 5.89 Å². The van der Waals surface area contributed by atoms with Crippen LogP contribution >= 0.6 is 11.3 Å². The lowest BCUT2D eigenvalue weighted by Crippen LogP contribution is -2.00. The first kappa shape index (κ1) is 26.1. The van der Waals surface area contributed by atoms with Crippen LogP contribution < -0.4 is 0 Å². The molecule has 0 saturated heterocycles. The Hall–Kier alpha value is -6.18. The molecule has 7 heteroatoms. The summed E-state index contributed by atoms with van der Waals surface area (Å²) < 4.78 is 15.2. The summed E-state index contributed by atoms with van der Waals surface area (Å²) in [6.45, 7) is 0. The monoisotopic (exact) mass is 622 g/mol. The van der Waals surface area contributed by atoms with Crippen molar-refractivity contribution >= 4 is 64.5 Å². The Balaban J connectivity index is 1.23. The van der Waals surface area contributed by atoms with E-state index in [-0.39, 0.29) is 0 Å². The summed E-state index contributed by atoms with van der Waals surface area (Å²) in [5.74, 6) is 2.30. The van der Waals surface area contributed by atoms with Gasteiger partial charge in [-0.3, -0.25) is 0 Å². The molecule has 0 radical (unpaired) electrons. The van der Waals surface area contributed by atoms with Gasteiger partial charge in [0.1, 0.15) is 16.7 Å². The van der Waals surface area contributed by atoms with Crippen LogP contribution in [0.2, 0.25) is 0 Å². The number of hydrogen-bond donors (Lipinski definition) is 0. The van der Waals surface area contributed by atoms with Gasteiger partial charge in [-0.25, -0.2) is 19.9 Å². The first-order valence-electron chi connectivity index (χ1n) is 15.3. The highest BCUT2D eigenvalue weighted by Gasteiger charge is 2.22. The van der Waals surface area contributed by atoms with Crippen molar-refractivity contribution < 1.29 is 8.83 Å². The highest BCUT2D eigenvalue weighted by Crippen LogP contribution is 2.42.